The van der Waals surface area contributed by atoms with Gasteiger partial charge >= 0.3 is 6.18 Å². The van der Waals surface area contributed by atoms with Crippen LogP contribution in [0.5, 0.6) is 0 Å². The SMILES string of the molecule is Cc1ccc(F)c(Nc2cc(NN)nc(C(F)(F)F)n2)c1. The normalized spacial score (nSPS) is 11.3. The van der Waals surface area contributed by atoms with Gasteiger partial charge in [0.1, 0.15) is 17.5 Å². The molecule has 0 saturated heterocycles. The summed E-state index contributed by atoms with van der Waals surface area (Å²) in [5.74, 6) is 2.60. The lowest BCUT2D eigenvalue weighted by atomic mass is 10.2. The Morgan fingerprint density at radius 2 is 1.76 bits per heavy atom. The molecule has 2 aromatic rings. The van der Waals surface area contributed by atoms with Crippen molar-refractivity contribution in [3.05, 3.63) is 41.5 Å². The summed E-state index contributed by atoms with van der Waals surface area (Å²) in [5.41, 5.74) is 2.75. The van der Waals surface area contributed by atoms with E-state index in [4.69, 9.17) is 5.84 Å². The van der Waals surface area contributed by atoms with Gasteiger partial charge in [-0.3, -0.25) is 0 Å². The summed E-state index contributed by atoms with van der Waals surface area (Å²) in [6.07, 6.45) is -4.74. The maximum Gasteiger partial charge on any atom is 0.451 e. The molecule has 0 radical (unpaired) electrons. The standard InChI is InChI=1S/C12H11F4N5/c1-6-2-3-7(13)8(4-6)18-9-5-10(21-17)20-11(19-9)12(14,15)16/h2-5H,17H2,1H3,(H2,18,19,20,21). The van der Waals surface area contributed by atoms with Crippen LogP contribution in [0.2, 0.25) is 0 Å². The number of nitrogens with one attached hydrogen (secondary N) is 2. The number of nitrogens with zero attached hydrogens (tertiary/aromatic N) is 2. The van der Waals surface area contributed by atoms with Crippen molar-refractivity contribution < 1.29 is 17.6 Å². The molecular formula is C12H11F4N5. The topological polar surface area (TPSA) is 75.9 Å². The molecule has 112 valence electrons. The number of hydrazine groups is 1. The maximum absolute atomic E-state index is 13.6. The number of hydrogen-bond acceptors (Lipinski definition) is 5. The summed E-state index contributed by atoms with van der Waals surface area (Å²) >= 11 is 0. The molecule has 0 aliphatic rings. The van der Waals surface area contributed by atoms with E-state index in [1.165, 1.54) is 18.2 Å². The Labute approximate surface area is 117 Å². The van der Waals surface area contributed by atoms with E-state index in [-0.39, 0.29) is 17.3 Å². The maximum atomic E-state index is 13.6. The van der Waals surface area contributed by atoms with E-state index in [1.54, 1.807) is 6.92 Å². The van der Waals surface area contributed by atoms with Crippen LogP contribution in [0, 0.1) is 12.7 Å². The van der Waals surface area contributed by atoms with Gasteiger partial charge in [-0.05, 0) is 24.6 Å². The van der Waals surface area contributed by atoms with Crippen LogP contribution in [0.4, 0.5) is 34.9 Å². The molecule has 0 fully saturated rings. The number of anilines is 3. The molecular weight excluding hydrogens is 290 g/mol. The van der Waals surface area contributed by atoms with E-state index in [9.17, 15) is 17.6 Å². The Balaban J connectivity index is 2.42. The van der Waals surface area contributed by atoms with Crippen molar-refractivity contribution in [3.8, 4) is 0 Å². The van der Waals surface area contributed by atoms with Gasteiger partial charge in [0.15, 0.2) is 0 Å². The largest absolute Gasteiger partial charge is 0.451 e. The van der Waals surface area contributed by atoms with E-state index in [1.807, 2.05) is 5.43 Å². The zero-order valence-corrected chi connectivity index (χ0v) is 10.8. The van der Waals surface area contributed by atoms with Gasteiger partial charge in [-0.25, -0.2) is 20.2 Å². The fourth-order valence-corrected chi connectivity index (χ4v) is 1.58. The van der Waals surface area contributed by atoms with E-state index >= 15 is 0 Å². The summed E-state index contributed by atoms with van der Waals surface area (Å²) < 4.78 is 51.6. The Hall–Kier alpha value is -2.42. The Bertz CT molecular complexity index is 657. The van der Waals surface area contributed by atoms with Crippen molar-refractivity contribution in [2.24, 2.45) is 5.84 Å². The van der Waals surface area contributed by atoms with Crippen LogP contribution >= 0.6 is 0 Å². The van der Waals surface area contributed by atoms with Gasteiger partial charge in [-0.2, -0.15) is 13.2 Å². The van der Waals surface area contributed by atoms with Crippen LogP contribution < -0.4 is 16.6 Å². The molecule has 2 rings (SSSR count). The predicted octanol–water partition coefficient (Wildman–Crippen LogP) is 2.97. The number of nitrogen functional groups attached to an aromatic ring is 1. The fourth-order valence-electron chi connectivity index (χ4n) is 1.58. The van der Waals surface area contributed by atoms with Gasteiger partial charge in [-0.1, -0.05) is 6.07 Å². The fraction of sp³-hybridized carbons (Fsp3) is 0.167. The average molecular weight is 301 g/mol. The number of hydrogen-bond donors (Lipinski definition) is 3. The van der Waals surface area contributed by atoms with Gasteiger partial charge in [0, 0.05) is 6.07 Å². The van der Waals surface area contributed by atoms with E-state index in [0.717, 1.165) is 11.6 Å². The van der Waals surface area contributed by atoms with Crippen molar-refractivity contribution in [3.63, 3.8) is 0 Å². The lowest BCUT2D eigenvalue weighted by Gasteiger charge is -2.12. The quantitative estimate of drug-likeness (QED) is 0.461. The highest BCUT2D eigenvalue weighted by Gasteiger charge is 2.35. The van der Waals surface area contributed by atoms with Crippen LogP contribution in [-0.4, -0.2) is 9.97 Å². The first-order valence-corrected chi connectivity index (χ1v) is 5.75. The smallest absolute Gasteiger partial charge is 0.338 e. The van der Waals surface area contributed by atoms with E-state index < -0.39 is 17.8 Å². The first-order chi connectivity index (χ1) is 9.79. The number of aromatic nitrogens is 2. The van der Waals surface area contributed by atoms with Gasteiger partial charge in [-0.15, -0.1) is 0 Å². The Morgan fingerprint density at radius 1 is 1.10 bits per heavy atom. The van der Waals surface area contributed by atoms with Crippen molar-refractivity contribution in [2.75, 3.05) is 10.7 Å². The second-order valence-corrected chi connectivity index (χ2v) is 4.21. The number of benzene rings is 1. The summed E-state index contributed by atoms with van der Waals surface area (Å²) in [5, 5.41) is 2.48. The minimum absolute atomic E-state index is 0.00444. The van der Waals surface area contributed by atoms with Crippen molar-refractivity contribution in [1.29, 1.82) is 0 Å². The zero-order valence-electron chi connectivity index (χ0n) is 10.8. The summed E-state index contributed by atoms with van der Waals surface area (Å²) in [4.78, 5) is 6.51. The molecule has 5 nitrogen and oxygen atoms in total. The monoisotopic (exact) mass is 301 g/mol. The number of alkyl halides is 3. The molecule has 21 heavy (non-hydrogen) atoms. The molecule has 4 N–H and O–H groups in total. The molecule has 0 saturated carbocycles. The second kappa shape index (κ2) is 5.52. The highest BCUT2D eigenvalue weighted by Crippen LogP contribution is 2.29. The van der Waals surface area contributed by atoms with Gasteiger partial charge in [0.25, 0.3) is 0 Å². The van der Waals surface area contributed by atoms with Gasteiger partial charge in [0.05, 0.1) is 5.69 Å². The molecule has 0 unspecified atom stereocenters. The average Bonchev–Trinajstić information content (AvgIpc) is 2.41. The summed E-state index contributed by atoms with van der Waals surface area (Å²) in [6.45, 7) is 1.72. The highest BCUT2D eigenvalue weighted by atomic mass is 19.4. The molecule has 0 atom stereocenters. The Morgan fingerprint density at radius 3 is 2.38 bits per heavy atom. The molecule has 1 aromatic carbocycles. The van der Waals surface area contributed by atoms with Crippen LogP contribution in [0.3, 0.4) is 0 Å². The predicted molar refractivity (Wildman–Crippen MR) is 69.3 cm³/mol. The van der Waals surface area contributed by atoms with Crippen LogP contribution in [0.15, 0.2) is 24.3 Å². The molecule has 0 bridgehead atoms. The minimum atomic E-state index is -4.74. The molecule has 0 amide bonds. The van der Waals surface area contributed by atoms with Crippen molar-refractivity contribution in [1.82, 2.24) is 9.97 Å². The van der Waals surface area contributed by atoms with E-state index in [2.05, 4.69) is 15.3 Å². The third-order valence-electron chi connectivity index (χ3n) is 2.51. The van der Waals surface area contributed by atoms with Gasteiger partial charge in [0.2, 0.25) is 5.82 Å². The van der Waals surface area contributed by atoms with Crippen LogP contribution in [-0.2, 0) is 6.18 Å². The number of nitrogens with two attached hydrogens (primary N) is 1. The minimum Gasteiger partial charge on any atom is -0.338 e. The first-order valence-electron chi connectivity index (χ1n) is 5.75. The lowest BCUT2D eigenvalue weighted by Crippen LogP contribution is -2.16. The second-order valence-electron chi connectivity index (χ2n) is 4.21. The Kier molecular flexibility index (Phi) is 3.94. The third kappa shape index (κ3) is 3.57. The number of halogens is 4. The van der Waals surface area contributed by atoms with Crippen LogP contribution in [0.25, 0.3) is 0 Å². The molecule has 0 aliphatic carbocycles. The number of rotatable bonds is 3. The van der Waals surface area contributed by atoms with Crippen molar-refractivity contribution >= 4 is 17.3 Å². The number of aryl methyl sites for hydroxylation is 1. The highest BCUT2D eigenvalue weighted by molar-refractivity contribution is 5.60. The van der Waals surface area contributed by atoms with Crippen molar-refractivity contribution in [2.45, 2.75) is 13.1 Å². The zero-order chi connectivity index (χ0) is 15.6. The molecule has 9 heteroatoms. The summed E-state index contributed by atoms with van der Waals surface area (Å²) in [6, 6.07) is 5.32. The first kappa shape index (κ1) is 15.0. The van der Waals surface area contributed by atoms with Crippen LogP contribution in [0.1, 0.15) is 11.4 Å². The van der Waals surface area contributed by atoms with Gasteiger partial charge < -0.3 is 10.7 Å². The lowest BCUT2D eigenvalue weighted by molar-refractivity contribution is -0.144. The van der Waals surface area contributed by atoms with E-state index in [0.29, 0.717) is 0 Å². The molecule has 1 aromatic heterocycles. The third-order valence-corrected chi connectivity index (χ3v) is 2.51. The summed E-state index contributed by atoms with van der Waals surface area (Å²) in [7, 11) is 0. The molecule has 0 aliphatic heterocycles. The molecule has 0 spiro atoms. The molecule has 1 heterocycles.